The van der Waals surface area contributed by atoms with Crippen LogP contribution < -0.4 is 10.6 Å². The van der Waals surface area contributed by atoms with Gasteiger partial charge in [-0.1, -0.05) is 12.1 Å². The smallest absolute Gasteiger partial charge is 0.336 e. The molecule has 0 aliphatic heterocycles. The standard InChI is InChI=1S/C14H18N2O4/c1-14(2,3)16-11(17)8-15-12(18)9-6-4-5-7-10(9)13(19)20/h4-7H,8H2,1-3H3,(H,15,18)(H,16,17)(H,19,20). The normalized spacial score (nSPS) is 10.8. The fraction of sp³-hybridized carbons (Fsp3) is 0.357. The van der Waals surface area contributed by atoms with E-state index in [9.17, 15) is 14.4 Å². The summed E-state index contributed by atoms with van der Waals surface area (Å²) in [4.78, 5) is 34.4. The fourth-order valence-corrected chi connectivity index (χ4v) is 1.59. The first-order chi connectivity index (χ1) is 9.20. The van der Waals surface area contributed by atoms with Crippen LogP contribution >= 0.6 is 0 Å². The van der Waals surface area contributed by atoms with Crippen molar-refractivity contribution < 1.29 is 19.5 Å². The molecule has 2 amide bonds. The summed E-state index contributed by atoms with van der Waals surface area (Å²) in [5, 5.41) is 14.1. The molecule has 0 bridgehead atoms. The highest BCUT2D eigenvalue weighted by atomic mass is 16.4. The number of hydrogen-bond acceptors (Lipinski definition) is 3. The maximum atomic E-state index is 11.9. The van der Waals surface area contributed by atoms with Crippen LogP contribution in [0.3, 0.4) is 0 Å². The van der Waals surface area contributed by atoms with Gasteiger partial charge in [-0.05, 0) is 32.9 Å². The molecule has 6 heteroatoms. The molecule has 0 aliphatic carbocycles. The SMILES string of the molecule is CC(C)(C)NC(=O)CNC(=O)c1ccccc1C(=O)O. The second-order valence-corrected chi connectivity index (χ2v) is 5.33. The molecule has 108 valence electrons. The molecule has 0 saturated carbocycles. The first-order valence-electron chi connectivity index (χ1n) is 6.12. The third kappa shape index (κ3) is 4.72. The molecule has 20 heavy (non-hydrogen) atoms. The van der Waals surface area contributed by atoms with E-state index in [4.69, 9.17) is 5.11 Å². The molecular formula is C14H18N2O4. The number of amides is 2. The van der Waals surface area contributed by atoms with Gasteiger partial charge in [0.05, 0.1) is 17.7 Å². The van der Waals surface area contributed by atoms with Crippen LogP contribution in [0.5, 0.6) is 0 Å². The van der Waals surface area contributed by atoms with Gasteiger partial charge in [-0.2, -0.15) is 0 Å². The van der Waals surface area contributed by atoms with Gasteiger partial charge in [0.1, 0.15) is 0 Å². The lowest BCUT2D eigenvalue weighted by atomic mass is 10.1. The number of aromatic carboxylic acids is 1. The Morgan fingerprint density at radius 3 is 2.15 bits per heavy atom. The van der Waals surface area contributed by atoms with Gasteiger partial charge in [-0.3, -0.25) is 9.59 Å². The lowest BCUT2D eigenvalue weighted by Gasteiger charge is -2.20. The first-order valence-corrected chi connectivity index (χ1v) is 6.12. The molecule has 0 aliphatic rings. The molecule has 0 heterocycles. The van der Waals surface area contributed by atoms with E-state index in [0.717, 1.165) is 0 Å². The Kier molecular flexibility index (Phi) is 4.85. The van der Waals surface area contributed by atoms with Gasteiger partial charge in [0.15, 0.2) is 0 Å². The lowest BCUT2D eigenvalue weighted by molar-refractivity contribution is -0.121. The molecule has 3 N–H and O–H groups in total. The van der Waals surface area contributed by atoms with Crippen LogP contribution in [0.2, 0.25) is 0 Å². The Hall–Kier alpha value is -2.37. The minimum absolute atomic E-state index is 0.0311. The average Bonchev–Trinajstić information content (AvgIpc) is 2.33. The third-order valence-electron chi connectivity index (χ3n) is 2.33. The molecule has 6 nitrogen and oxygen atoms in total. The van der Waals surface area contributed by atoms with Crippen molar-refractivity contribution in [2.75, 3.05) is 6.54 Å². The predicted molar refractivity (Wildman–Crippen MR) is 73.6 cm³/mol. The summed E-state index contributed by atoms with van der Waals surface area (Å²) in [6, 6.07) is 5.84. The molecule has 0 spiro atoms. The van der Waals surface area contributed by atoms with Crippen molar-refractivity contribution >= 4 is 17.8 Å². The molecule has 1 aromatic carbocycles. The van der Waals surface area contributed by atoms with Gasteiger partial charge in [-0.15, -0.1) is 0 Å². The average molecular weight is 278 g/mol. The maximum absolute atomic E-state index is 11.9. The quantitative estimate of drug-likeness (QED) is 0.766. The summed E-state index contributed by atoms with van der Waals surface area (Å²) in [7, 11) is 0. The number of nitrogens with one attached hydrogen (secondary N) is 2. The Balaban J connectivity index is 2.69. The summed E-state index contributed by atoms with van der Waals surface area (Å²) in [5.74, 6) is -2.11. The monoisotopic (exact) mass is 278 g/mol. The van der Waals surface area contributed by atoms with E-state index in [1.807, 2.05) is 20.8 Å². The van der Waals surface area contributed by atoms with Gasteiger partial charge in [0, 0.05) is 5.54 Å². The second kappa shape index (κ2) is 6.18. The zero-order valence-electron chi connectivity index (χ0n) is 11.7. The van der Waals surface area contributed by atoms with Crippen LogP contribution in [0, 0.1) is 0 Å². The van der Waals surface area contributed by atoms with Gasteiger partial charge in [-0.25, -0.2) is 4.79 Å². The molecule has 0 fully saturated rings. The van der Waals surface area contributed by atoms with Crippen molar-refractivity contribution in [3.63, 3.8) is 0 Å². The molecule has 0 saturated heterocycles. The van der Waals surface area contributed by atoms with E-state index in [-0.39, 0.29) is 29.1 Å². The molecule has 1 rings (SSSR count). The van der Waals surface area contributed by atoms with Crippen molar-refractivity contribution in [3.05, 3.63) is 35.4 Å². The molecule has 1 aromatic rings. The number of carboxylic acid groups (broad SMARTS) is 1. The zero-order valence-corrected chi connectivity index (χ0v) is 11.7. The van der Waals surface area contributed by atoms with E-state index in [1.165, 1.54) is 18.2 Å². The van der Waals surface area contributed by atoms with Gasteiger partial charge in [0.25, 0.3) is 5.91 Å². The van der Waals surface area contributed by atoms with Crippen molar-refractivity contribution in [1.82, 2.24) is 10.6 Å². The molecule has 0 unspecified atom stereocenters. The Labute approximate surface area is 117 Å². The van der Waals surface area contributed by atoms with Crippen LogP contribution in [0.1, 0.15) is 41.5 Å². The predicted octanol–water partition coefficient (Wildman–Crippen LogP) is 1.03. The molecular weight excluding hydrogens is 260 g/mol. The van der Waals surface area contributed by atoms with E-state index < -0.39 is 11.9 Å². The highest BCUT2D eigenvalue weighted by molar-refractivity contribution is 6.05. The molecule has 0 radical (unpaired) electrons. The number of rotatable bonds is 4. The van der Waals surface area contributed by atoms with Crippen LogP contribution in [0.4, 0.5) is 0 Å². The lowest BCUT2D eigenvalue weighted by Crippen LogP contribution is -2.45. The minimum atomic E-state index is -1.19. The Morgan fingerprint density at radius 1 is 1.10 bits per heavy atom. The summed E-state index contributed by atoms with van der Waals surface area (Å²) in [5.41, 5.74) is -0.453. The molecule has 0 aromatic heterocycles. The summed E-state index contributed by atoms with van der Waals surface area (Å²) in [6.45, 7) is 5.27. The van der Waals surface area contributed by atoms with Gasteiger partial charge >= 0.3 is 5.97 Å². The van der Waals surface area contributed by atoms with Crippen molar-refractivity contribution in [3.8, 4) is 0 Å². The summed E-state index contributed by atoms with van der Waals surface area (Å²) >= 11 is 0. The fourth-order valence-electron chi connectivity index (χ4n) is 1.59. The number of carboxylic acids is 1. The Morgan fingerprint density at radius 2 is 1.65 bits per heavy atom. The largest absolute Gasteiger partial charge is 0.478 e. The first kappa shape index (κ1) is 15.7. The maximum Gasteiger partial charge on any atom is 0.336 e. The number of carbonyl (C=O) groups is 3. The zero-order chi connectivity index (χ0) is 15.3. The van der Waals surface area contributed by atoms with E-state index in [2.05, 4.69) is 10.6 Å². The van der Waals surface area contributed by atoms with Crippen LogP contribution in [-0.4, -0.2) is 35.0 Å². The second-order valence-electron chi connectivity index (χ2n) is 5.33. The van der Waals surface area contributed by atoms with E-state index in [1.54, 1.807) is 6.07 Å². The molecule has 0 atom stereocenters. The van der Waals surface area contributed by atoms with Crippen molar-refractivity contribution in [1.29, 1.82) is 0 Å². The van der Waals surface area contributed by atoms with Gasteiger partial charge < -0.3 is 15.7 Å². The van der Waals surface area contributed by atoms with E-state index in [0.29, 0.717) is 0 Å². The van der Waals surface area contributed by atoms with Crippen LogP contribution in [0.25, 0.3) is 0 Å². The summed E-state index contributed by atoms with van der Waals surface area (Å²) in [6.07, 6.45) is 0. The minimum Gasteiger partial charge on any atom is -0.478 e. The Bertz CT molecular complexity index is 532. The third-order valence-corrected chi connectivity index (χ3v) is 2.33. The number of hydrogen-bond donors (Lipinski definition) is 3. The van der Waals surface area contributed by atoms with Crippen molar-refractivity contribution in [2.24, 2.45) is 0 Å². The number of benzene rings is 1. The highest BCUT2D eigenvalue weighted by Crippen LogP contribution is 2.08. The summed E-state index contributed by atoms with van der Waals surface area (Å²) < 4.78 is 0. The van der Waals surface area contributed by atoms with Crippen molar-refractivity contribution in [2.45, 2.75) is 26.3 Å². The number of carbonyl (C=O) groups excluding carboxylic acids is 2. The van der Waals surface area contributed by atoms with Gasteiger partial charge in [0.2, 0.25) is 5.91 Å². The van der Waals surface area contributed by atoms with Crippen LogP contribution in [-0.2, 0) is 4.79 Å². The van der Waals surface area contributed by atoms with E-state index >= 15 is 0 Å². The highest BCUT2D eigenvalue weighted by Gasteiger charge is 2.18. The van der Waals surface area contributed by atoms with Crippen LogP contribution in [0.15, 0.2) is 24.3 Å². The topological polar surface area (TPSA) is 95.5 Å².